The minimum absolute atomic E-state index is 0.588. The Kier molecular flexibility index (Phi) is 4.34. The number of hydrogen-bond acceptors (Lipinski definition) is 2. The summed E-state index contributed by atoms with van der Waals surface area (Å²) < 4.78 is 5.05. The fourth-order valence-corrected chi connectivity index (χ4v) is 1.05. The third-order valence-electron chi connectivity index (χ3n) is 1.41. The van der Waals surface area contributed by atoms with E-state index in [0.717, 1.165) is 17.3 Å². The van der Waals surface area contributed by atoms with Gasteiger partial charge in [0, 0.05) is 17.9 Å². The van der Waals surface area contributed by atoms with E-state index in [4.69, 9.17) is 4.74 Å². The maximum atomic E-state index is 5.05. The molecule has 1 aromatic heterocycles. The zero-order valence-electron chi connectivity index (χ0n) is 7.38. The van der Waals surface area contributed by atoms with E-state index in [-0.39, 0.29) is 0 Å². The molecule has 0 bridgehead atoms. The van der Waals surface area contributed by atoms with Crippen molar-refractivity contribution in [1.29, 1.82) is 0 Å². The van der Waals surface area contributed by atoms with Gasteiger partial charge < -0.3 is 4.74 Å². The second kappa shape index (κ2) is 5.60. The molecule has 68 valence electrons. The second-order valence-corrected chi connectivity index (χ2v) is 3.09. The molecular weight excluding hydrogens is 230 g/mol. The van der Waals surface area contributed by atoms with Crippen molar-refractivity contribution in [3.63, 3.8) is 0 Å². The fourth-order valence-electron chi connectivity index (χ4n) is 0.854. The monoisotopic (exact) mass is 239 g/mol. The number of aromatic nitrogens is 1. The lowest BCUT2D eigenvalue weighted by molar-refractivity contribution is 0.396. The first-order valence-electron chi connectivity index (χ1n) is 3.92. The Hall–Kier alpha value is -1.01. The first-order chi connectivity index (χ1) is 6.38. The van der Waals surface area contributed by atoms with Crippen molar-refractivity contribution in [2.75, 3.05) is 12.4 Å². The standard InChI is InChI=1S/C10H10BrNO/c1-13-10-9(5-2-3-7-11)6-4-8-12-10/h4,6,8H,3,7H2,1H3. The lowest BCUT2D eigenvalue weighted by Gasteiger charge is -1.99. The third-order valence-corrected chi connectivity index (χ3v) is 1.80. The molecule has 0 aliphatic heterocycles. The van der Waals surface area contributed by atoms with Gasteiger partial charge >= 0.3 is 0 Å². The Bertz CT molecular complexity index is 327. The topological polar surface area (TPSA) is 22.1 Å². The number of nitrogens with zero attached hydrogens (tertiary/aromatic N) is 1. The molecule has 0 aliphatic rings. The van der Waals surface area contributed by atoms with Gasteiger partial charge in [0.25, 0.3) is 0 Å². The molecule has 0 N–H and O–H groups in total. The van der Waals surface area contributed by atoms with Gasteiger partial charge in [-0.1, -0.05) is 27.8 Å². The van der Waals surface area contributed by atoms with Gasteiger partial charge in [-0.05, 0) is 12.1 Å². The van der Waals surface area contributed by atoms with E-state index in [1.807, 2.05) is 12.1 Å². The fraction of sp³-hybridized carbons (Fsp3) is 0.300. The number of methoxy groups -OCH3 is 1. The molecule has 0 saturated heterocycles. The molecule has 0 aliphatic carbocycles. The Morgan fingerprint density at radius 3 is 3.15 bits per heavy atom. The summed E-state index contributed by atoms with van der Waals surface area (Å²) in [6.07, 6.45) is 2.52. The van der Waals surface area contributed by atoms with Crippen LogP contribution in [0.5, 0.6) is 5.88 Å². The third kappa shape index (κ3) is 3.08. The van der Waals surface area contributed by atoms with Gasteiger partial charge in [0.15, 0.2) is 0 Å². The van der Waals surface area contributed by atoms with Crippen LogP contribution in [0.1, 0.15) is 12.0 Å². The van der Waals surface area contributed by atoms with Crippen LogP contribution in [0.25, 0.3) is 0 Å². The number of alkyl halides is 1. The summed E-state index contributed by atoms with van der Waals surface area (Å²) >= 11 is 3.31. The van der Waals surface area contributed by atoms with Crippen LogP contribution in [0.15, 0.2) is 18.3 Å². The highest BCUT2D eigenvalue weighted by molar-refractivity contribution is 9.09. The highest BCUT2D eigenvalue weighted by atomic mass is 79.9. The van der Waals surface area contributed by atoms with Gasteiger partial charge in [-0.2, -0.15) is 0 Å². The first-order valence-corrected chi connectivity index (χ1v) is 5.04. The first kappa shape index (κ1) is 10.1. The van der Waals surface area contributed by atoms with Crippen LogP contribution in [-0.4, -0.2) is 17.4 Å². The van der Waals surface area contributed by atoms with E-state index in [9.17, 15) is 0 Å². The van der Waals surface area contributed by atoms with Crippen molar-refractivity contribution in [1.82, 2.24) is 4.98 Å². The summed E-state index contributed by atoms with van der Waals surface area (Å²) in [4.78, 5) is 4.04. The number of rotatable bonds is 2. The highest BCUT2D eigenvalue weighted by Gasteiger charge is 1.97. The quantitative estimate of drug-likeness (QED) is 0.584. The maximum Gasteiger partial charge on any atom is 0.229 e. The summed E-state index contributed by atoms with van der Waals surface area (Å²) in [6, 6.07) is 3.74. The highest BCUT2D eigenvalue weighted by Crippen LogP contribution is 2.11. The van der Waals surface area contributed by atoms with Crippen molar-refractivity contribution >= 4 is 15.9 Å². The predicted octanol–water partition coefficient (Wildman–Crippen LogP) is 2.23. The van der Waals surface area contributed by atoms with Gasteiger partial charge in [0.1, 0.15) is 0 Å². The predicted molar refractivity (Wildman–Crippen MR) is 56.1 cm³/mol. The number of halogens is 1. The SMILES string of the molecule is COc1ncccc1C#CCCBr. The smallest absolute Gasteiger partial charge is 0.229 e. The molecule has 13 heavy (non-hydrogen) atoms. The van der Waals surface area contributed by atoms with Crippen LogP contribution in [0.2, 0.25) is 0 Å². The lowest BCUT2D eigenvalue weighted by atomic mass is 10.2. The molecule has 0 aromatic carbocycles. The minimum atomic E-state index is 0.588. The van der Waals surface area contributed by atoms with E-state index in [0.29, 0.717) is 5.88 Å². The van der Waals surface area contributed by atoms with Crippen molar-refractivity contribution in [3.8, 4) is 17.7 Å². The molecule has 0 atom stereocenters. The van der Waals surface area contributed by atoms with Crippen LogP contribution >= 0.6 is 15.9 Å². The summed E-state index contributed by atoms with van der Waals surface area (Å²) in [5.41, 5.74) is 0.839. The molecular formula is C10H10BrNO. The second-order valence-electron chi connectivity index (χ2n) is 2.30. The summed E-state index contributed by atoms with van der Waals surface area (Å²) in [7, 11) is 1.60. The molecule has 1 heterocycles. The molecule has 1 aromatic rings. The van der Waals surface area contributed by atoms with Crippen molar-refractivity contribution < 1.29 is 4.74 Å². The number of ether oxygens (including phenoxy) is 1. The average Bonchev–Trinajstić information content (AvgIpc) is 2.19. The maximum absolute atomic E-state index is 5.05. The van der Waals surface area contributed by atoms with Crippen molar-refractivity contribution in [2.45, 2.75) is 6.42 Å². The molecule has 0 fully saturated rings. The van der Waals surface area contributed by atoms with Gasteiger partial charge in [0.05, 0.1) is 12.7 Å². The Labute approximate surface area is 86.5 Å². The van der Waals surface area contributed by atoms with Gasteiger partial charge in [-0.3, -0.25) is 0 Å². The zero-order chi connectivity index (χ0) is 9.52. The van der Waals surface area contributed by atoms with Crippen LogP contribution in [0.4, 0.5) is 0 Å². The zero-order valence-corrected chi connectivity index (χ0v) is 8.97. The van der Waals surface area contributed by atoms with Crippen LogP contribution in [-0.2, 0) is 0 Å². The number of pyridine rings is 1. The van der Waals surface area contributed by atoms with E-state index in [1.54, 1.807) is 13.3 Å². The molecule has 1 rings (SSSR count). The Morgan fingerprint density at radius 1 is 1.62 bits per heavy atom. The molecule has 0 spiro atoms. The van der Waals surface area contributed by atoms with Gasteiger partial charge in [0.2, 0.25) is 5.88 Å². The van der Waals surface area contributed by atoms with Crippen LogP contribution < -0.4 is 4.74 Å². The molecule has 0 unspecified atom stereocenters. The van der Waals surface area contributed by atoms with E-state index < -0.39 is 0 Å². The van der Waals surface area contributed by atoms with Crippen molar-refractivity contribution in [2.24, 2.45) is 0 Å². The summed E-state index contributed by atoms with van der Waals surface area (Å²) in [6.45, 7) is 0. The molecule has 0 saturated carbocycles. The molecule has 2 nitrogen and oxygen atoms in total. The largest absolute Gasteiger partial charge is 0.480 e. The Morgan fingerprint density at radius 2 is 2.46 bits per heavy atom. The van der Waals surface area contributed by atoms with Gasteiger partial charge in [-0.15, -0.1) is 0 Å². The molecule has 3 heteroatoms. The van der Waals surface area contributed by atoms with E-state index >= 15 is 0 Å². The Balaban J connectivity index is 2.82. The van der Waals surface area contributed by atoms with Crippen molar-refractivity contribution in [3.05, 3.63) is 23.9 Å². The van der Waals surface area contributed by atoms with Crippen LogP contribution in [0, 0.1) is 11.8 Å². The minimum Gasteiger partial charge on any atom is -0.480 e. The molecule has 0 radical (unpaired) electrons. The van der Waals surface area contributed by atoms with Gasteiger partial charge in [-0.25, -0.2) is 4.98 Å². The summed E-state index contributed by atoms with van der Waals surface area (Å²) in [5, 5.41) is 0.891. The van der Waals surface area contributed by atoms with Crippen LogP contribution in [0.3, 0.4) is 0 Å². The van der Waals surface area contributed by atoms with E-state index in [2.05, 4.69) is 32.8 Å². The van der Waals surface area contributed by atoms with E-state index in [1.165, 1.54) is 0 Å². The molecule has 0 amide bonds. The number of hydrogen-bond donors (Lipinski definition) is 0. The average molecular weight is 240 g/mol. The normalized spacial score (nSPS) is 8.77. The lowest BCUT2D eigenvalue weighted by Crippen LogP contribution is -1.90. The summed E-state index contributed by atoms with van der Waals surface area (Å²) in [5.74, 6) is 6.59.